The number of nitrogens with zero attached hydrogens (tertiary/aromatic N) is 3. The molecule has 0 saturated carbocycles. The minimum absolute atomic E-state index is 0.0174. The van der Waals surface area contributed by atoms with E-state index in [1.807, 2.05) is 18.3 Å². The highest BCUT2D eigenvalue weighted by Gasteiger charge is 2.24. The number of hydrogen-bond donors (Lipinski definition) is 1. The van der Waals surface area contributed by atoms with Crippen LogP contribution in [0.2, 0.25) is 0 Å². The maximum absolute atomic E-state index is 12.7. The Kier molecular flexibility index (Phi) is 6.56. The lowest BCUT2D eigenvalue weighted by Crippen LogP contribution is -2.43. The first-order valence-electron chi connectivity index (χ1n) is 8.82. The summed E-state index contributed by atoms with van der Waals surface area (Å²) in [7, 11) is 2.99. The van der Waals surface area contributed by atoms with Crippen molar-refractivity contribution in [3.63, 3.8) is 0 Å². The Balaban J connectivity index is 1.74. The lowest BCUT2D eigenvalue weighted by atomic mass is 10.1. The predicted molar refractivity (Wildman–Crippen MR) is 99.0 cm³/mol. The van der Waals surface area contributed by atoms with E-state index in [1.165, 1.54) is 14.2 Å². The van der Waals surface area contributed by atoms with Crippen molar-refractivity contribution in [3.8, 4) is 11.8 Å². The number of rotatable bonds is 7. The van der Waals surface area contributed by atoms with E-state index in [4.69, 9.17) is 14.2 Å². The van der Waals surface area contributed by atoms with Crippen LogP contribution in [0.15, 0.2) is 36.7 Å². The molecule has 0 aliphatic carbocycles. The van der Waals surface area contributed by atoms with Gasteiger partial charge in [0.25, 0.3) is 5.91 Å². The normalized spacial score (nSPS) is 15.8. The number of nitrogens with one attached hydrogen (secondary N) is 1. The Bertz CT molecular complexity index is 751. The molecule has 8 nitrogen and oxygen atoms in total. The molecule has 2 aromatic heterocycles. The number of pyridine rings is 2. The van der Waals surface area contributed by atoms with Crippen LogP contribution in [0, 0.1) is 0 Å². The van der Waals surface area contributed by atoms with Crippen molar-refractivity contribution < 1.29 is 19.0 Å². The zero-order valence-electron chi connectivity index (χ0n) is 15.6. The third kappa shape index (κ3) is 4.72. The molecule has 1 aliphatic rings. The van der Waals surface area contributed by atoms with Gasteiger partial charge in [-0.05, 0) is 17.7 Å². The number of carbonyl (C=O) groups excluding carboxylic acids is 1. The fourth-order valence-electron chi connectivity index (χ4n) is 3.07. The largest absolute Gasteiger partial charge is 0.481 e. The molecular weight excluding hydrogens is 348 g/mol. The average molecular weight is 372 g/mol. The SMILES string of the molecule is COc1ccc(C(=O)NCC(c2cccnc2)N2CCOCC2)c(OC)n1. The third-order valence-corrected chi connectivity index (χ3v) is 4.49. The van der Waals surface area contributed by atoms with E-state index in [0.717, 1.165) is 18.7 Å². The summed E-state index contributed by atoms with van der Waals surface area (Å²) in [5, 5.41) is 3.00. The van der Waals surface area contributed by atoms with Gasteiger partial charge < -0.3 is 19.5 Å². The lowest BCUT2D eigenvalue weighted by molar-refractivity contribution is 0.0161. The Morgan fingerprint density at radius 3 is 2.74 bits per heavy atom. The molecule has 3 heterocycles. The molecule has 0 bridgehead atoms. The second-order valence-electron chi connectivity index (χ2n) is 6.07. The van der Waals surface area contributed by atoms with Crippen molar-refractivity contribution in [2.24, 2.45) is 0 Å². The van der Waals surface area contributed by atoms with Crippen molar-refractivity contribution in [3.05, 3.63) is 47.8 Å². The van der Waals surface area contributed by atoms with Crippen LogP contribution in [0.5, 0.6) is 11.8 Å². The maximum Gasteiger partial charge on any atom is 0.256 e. The van der Waals surface area contributed by atoms with Crippen molar-refractivity contribution in [2.45, 2.75) is 6.04 Å². The smallest absolute Gasteiger partial charge is 0.256 e. The Labute approximate surface area is 158 Å². The van der Waals surface area contributed by atoms with Gasteiger partial charge in [-0.3, -0.25) is 14.7 Å². The van der Waals surface area contributed by atoms with Crippen molar-refractivity contribution in [2.75, 3.05) is 47.1 Å². The van der Waals surface area contributed by atoms with Gasteiger partial charge in [-0.2, -0.15) is 4.98 Å². The van der Waals surface area contributed by atoms with E-state index in [9.17, 15) is 4.79 Å². The second kappa shape index (κ2) is 9.29. The first kappa shape index (κ1) is 19.1. The highest BCUT2D eigenvalue weighted by atomic mass is 16.5. The van der Waals surface area contributed by atoms with Crippen LogP contribution in [0.3, 0.4) is 0 Å². The molecule has 27 heavy (non-hydrogen) atoms. The van der Waals surface area contributed by atoms with E-state index < -0.39 is 0 Å². The molecule has 1 aliphatic heterocycles. The summed E-state index contributed by atoms with van der Waals surface area (Å²) in [6.07, 6.45) is 3.58. The van der Waals surface area contributed by atoms with E-state index in [1.54, 1.807) is 18.3 Å². The molecule has 144 valence electrons. The number of methoxy groups -OCH3 is 2. The number of aromatic nitrogens is 2. The summed E-state index contributed by atoms with van der Waals surface area (Å²) in [6, 6.07) is 7.23. The van der Waals surface area contributed by atoms with Crippen molar-refractivity contribution in [1.82, 2.24) is 20.2 Å². The van der Waals surface area contributed by atoms with Crippen LogP contribution in [0.4, 0.5) is 0 Å². The Morgan fingerprint density at radius 1 is 1.26 bits per heavy atom. The standard InChI is InChI=1S/C19H24N4O4/c1-25-17-6-5-15(19(22-17)26-2)18(24)21-13-16(14-4-3-7-20-12-14)23-8-10-27-11-9-23/h3-7,12,16H,8-11,13H2,1-2H3,(H,21,24). The van der Waals surface area contributed by atoms with Crippen molar-refractivity contribution >= 4 is 5.91 Å². The highest BCUT2D eigenvalue weighted by Crippen LogP contribution is 2.22. The number of hydrogen-bond acceptors (Lipinski definition) is 7. The second-order valence-corrected chi connectivity index (χ2v) is 6.07. The van der Waals surface area contributed by atoms with Crippen LogP contribution in [0.25, 0.3) is 0 Å². The molecule has 0 spiro atoms. The molecule has 2 aromatic rings. The minimum Gasteiger partial charge on any atom is -0.481 e. The maximum atomic E-state index is 12.7. The van der Waals surface area contributed by atoms with Gasteiger partial charge in [0.2, 0.25) is 11.8 Å². The summed E-state index contributed by atoms with van der Waals surface area (Å²) in [6.45, 7) is 3.42. The van der Waals surface area contributed by atoms with Crippen LogP contribution in [-0.2, 0) is 4.74 Å². The molecular formula is C19H24N4O4. The summed E-state index contributed by atoms with van der Waals surface area (Å²) < 4.78 is 15.8. The first-order valence-corrected chi connectivity index (χ1v) is 8.82. The van der Waals surface area contributed by atoms with E-state index in [2.05, 4.69) is 20.2 Å². The van der Waals surface area contributed by atoms with E-state index in [-0.39, 0.29) is 17.8 Å². The molecule has 3 rings (SSSR count). The summed E-state index contributed by atoms with van der Waals surface area (Å²) >= 11 is 0. The van der Waals surface area contributed by atoms with Gasteiger partial charge in [0.05, 0.1) is 33.5 Å². The number of ether oxygens (including phenoxy) is 3. The molecule has 0 radical (unpaired) electrons. The van der Waals surface area contributed by atoms with Gasteiger partial charge in [-0.25, -0.2) is 0 Å². The zero-order chi connectivity index (χ0) is 19.1. The zero-order valence-corrected chi connectivity index (χ0v) is 15.6. The van der Waals surface area contributed by atoms with Gasteiger partial charge in [0.1, 0.15) is 5.56 Å². The van der Waals surface area contributed by atoms with Gasteiger partial charge in [-0.15, -0.1) is 0 Å². The van der Waals surface area contributed by atoms with Crippen LogP contribution >= 0.6 is 0 Å². The van der Waals surface area contributed by atoms with Gasteiger partial charge in [0, 0.05) is 38.1 Å². The lowest BCUT2D eigenvalue weighted by Gasteiger charge is -2.34. The minimum atomic E-state index is -0.246. The van der Waals surface area contributed by atoms with Gasteiger partial charge in [0.15, 0.2) is 0 Å². The molecule has 1 atom stereocenters. The predicted octanol–water partition coefficient (Wildman–Crippen LogP) is 1.30. The van der Waals surface area contributed by atoms with Crippen molar-refractivity contribution in [1.29, 1.82) is 0 Å². The van der Waals surface area contributed by atoms with Gasteiger partial charge in [-0.1, -0.05) is 6.07 Å². The molecule has 8 heteroatoms. The quantitative estimate of drug-likeness (QED) is 0.784. The molecule has 1 unspecified atom stereocenters. The van der Waals surface area contributed by atoms with Crippen LogP contribution in [0.1, 0.15) is 22.0 Å². The molecule has 1 N–H and O–H groups in total. The van der Waals surface area contributed by atoms with Gasteiger partial charge >= 0.3 is 0 Å². The topological polar surface area (TPSA) is 85.8 Å². The molecule has 0 aromatic carbocycles. The highest BCUT2D eigenvalue weighted by molar-refractivity contribution is 5.96. The first-order chi connectivity index (χ1) is 13.2. The Hall–Kier alpha value is -2.71. The monoisotopic (exact) mass is 372 g/mol. The molecule has 1 amide bonds. The molecule has 1 fully saturated rings. The van der Waals surface area contributed by atoms with E-state index >= 15 is 0 Å². The van der Waals surface area contributed by atoms with Crippen LogP contribution in [-0.4, -0.2) is 67.8 Å². The fraction of sp³-hybridized carbons (Fsp3) is 0.421. The van der Waals surface area contributed by atoms with Crippen LogP contribution < -0.4 is 14.8 Å². The number of carbonyl (C=O) groups is 1. The summed E-state index contributed by atoms with van der Waals surface area (Å²) in [5.41, 5.74) is 1.42. The third-order valence-electron chi connectivity index (χ3n) is 4.49. The van der Waals surface area contributed by atoms with E-state index in [0.29, 0.717) is 31.2 Å². The average Bonchev–Trinajstić information content (AvgIpc) is 2.74. The summed E-state index contributed by atoms with van der Waals surface area (Å²) in [4.78, 5) is 23.4. The summed E-state index contributed by atoms with van der Waals surface area (Å²) in [5.74, 6) is 0.380. The number of amides is 1. The number of morpholine rings is 1. The fourth-order valence-corrected chi connectivity index (χ4v) is 3.07. The Morgan fingerprint density at radius 2 is 2.07 bits per heavy atom. The molecule has 1 saturated heterocycles.